The summed E-state index contributed by atoms with van der Waals surface area (Å²) in [4.78, 5) is 15.3. The first-order valence-corrected chi connectivity index (χ1v) is 10.8. The van der Waals surface area contributed by atoms with E-state index >= 15 is 0 Å². The van der Waals surface area contributed by atoms with Gasteiger partial charge in [0.15, 0.2) is 0 Å². The zero-order valence-electron chi connectivity index (χ0n) is 17.0. The van der Waals surface area contributed by atoms with E-state index < -0.39 is 0 Å². The summed E-state index contributed by atoms with van der Waals surface area (Å²) in [5.74, 6) is 1.02. The molecule has 2 amide bonds. The molecule has 5 rings (SSSR count). The van der Waals surface area contributed by atoms with Gasteiger partial charge in [0, 0.05) is 23.7 Å². The van der Waals surface area contributed by atoms with Crippen LogP contribution in [0.4, 0.5) is 10.5 Å². The van der Waals surface area contributed by atoms with Crippen molar-refractivity contribution in [1.29, 1.82) is 0 Å². The second-order valence-electron chi connectivity index (χ2n) is 8.32. The molecule has 2 bridgehead atoms. The highest BCUT2D eigenvalue weighted by Crippen LogP contribution is 2.37. The van der Waals surface area contributed by atoms with Gasteiger partial charge in [-0.25, -0.2) is 4.79 Å². The Balaban J connectivity index is 1.22. The monoisotopic (exact) mass is 401 g/mol. The first-order chi connectivity index (χ1) is 14.8. The zero-order chi connectivity index (χ0) is 20.3. The number of nitrogens with one attached hydrogen (secondary N) is 2. The number of hydrogen-bond acceptors (Lipinski definition) is 3. The third kappa shape index (κ3) is 3.98. The highest BCUT2D eigenvalue weighted by atomic mass is 16.3. The van der Waals surface area contributed by atoms with Crippen LogP contribution < -0.4 is 10.6 Å². The molecule has 3 atom stereocenters. The Morgan fingerprint density at radius 1 is 0.933 bits per heavy atom. The Kier molecular flexibility index (Phi) is 5.28. The molecule has 0 spiro atoms. The third-order valence-corrected chi connectivity index (χ3v) is 6.40. The number of amides is 2. The van der Waals surface area contributed by atoms with Crippen LogP contribution in [0.5, 0.6) is 0 Å². The minimum absolute atomic E-state index is 0.123. The Hall–Kier alpha value is -3.05. The van der Waals surface area contributed by atoms with Gasteiger partial charge in [-0.3, -0.25) is 4.90 Å². The van der Waals surface area contributed by atoms with Crippen LogP contribution in [-0.4, -0.2) is 29.1 Å². The summed E-state index contributed by atoms with van der Waals surface area (Å²) < 4.78 is 5.54. The molecule has 2 fully saturated rings. The molecule has 0 saturated carbocycles. The molecule has 0 radical (unpaired) electrons. The number of urea groups is 1. The molecule has 0 aliphatic carbocycles. The minimum atomic E-state index is -0.123. The van der Waals surface area contributed by atoms with Crippen LogP contribution in [0.15, 0.2) is 77.4 Å². The molecule has 2 aliphatic heterocycles. The lowest BCUT2D eigenvalue weighted by molar-refractivity contribution is 0.104. The van der Waals surface area contributed by atoms with Gasteiger partial charge in [0.05, 0.1) is 18.5 Å². The van der Waals surface area contributed by atoms with Crippen molar-refractivity contribution < 1.29 is 9.21 Å². The Morgan fingerprint density at radius 3 is 2.40 bits per heavy atom. The number of furan rings is 1. The maximum absolute atomic E-state index is 12.8. The Morgan fingerprint density at radius 2 is 1.67 bits per heavy atom. The average Bonchev–Trinajstić information content (AvgIpc) is 3.35. The predicted molar refractivity (Wildman–Crippen MR) is 118 cm³/mol. The standard InChI is InChI=1S/C25H27N3O2/c29-25(27-24-11-5-4-10-23(24)18-7-2-1-3-8-18)26-19-15-20-12-13-21(16-19)28(20)17-22-9-6-14-30-22/h1-11,14,19-21H,12-13,15-17H2,(H2,26,27,29)/t19?,20-,21+. The van der Waals surface area contributed by atoms with Gasteiger partial charge in [-0.1, -0.05) is 48.5 Å². The van der Waals surface area contributed by atoms with Gasteiger partial charge in [0.1, 0.15) is 5.76 Å². The lowest BCUT2D eigenvalue weighted by Gasteiger charge is -2.38. The predicted octanol–water partition coefficient (Wildman–Crippen LogP) is 5.26. The van der Waals surface area contributed by atoms with E-state index in [9.17, 15) is 4.79 Å². The number of carbonyl (C=O) groups excluding carboxylic acids is 1. The van der Waals surface area contributed by atoms with Crippen molar-refractivity contribution in [1.82, 2.24) is 10.2 Å². The summed E-state index contributed by atoms with van der Waals surface area (Å²) in [7, 11) is 0. The van der Waals surface area contributed by atoms with E-state index in [-0.39, 0.29) is 12.1 Å². The largest absolute Gasteiger partial charge is 0.468 e. The van der Waals surface area contributed by atoms with E-state index in [1.165, 1.54) is 12.8 Å². The van der Waals surface area contributed by atoms with Crippen molar-refractivity contribution in [2.24, 2.45) is 0 Å². The maximum atomic E-state index is 12.8. The van der Waals surface area contributed by atoms with Crippen molar-refractivity contribution in [3.05, 3.63) is 78.8 Å². The van der Waals surface area contributed by atoms with Crippen molar-refractivity contribution in [2.75, 3.05) is 5.32 Å². The summed E-state index contributed by atoms with van der Waals surface area (Å²) in [5.41, 5.74) is 2.96. The summed E-state index contributed by atoms with van der Waals surface area (Å²) in [5, 5.41) is 6.30. The van der Waals surface area contributed by atoms with E-state index in [4.69, 9.17) is 4.42 Å². The number of para-hydroxylation sites is 1. The van der Waals surface area contributed by atoms with Gasteiger partial charge in [-0.15, -0.1) is 0 Å². The van der Waals surface area contributed by atoms with Crippen molar-refractivity contribution in [2.45, 2.75) is 50.4 Å². The van der Waals surface area contributed by atoms with Crippen LogP contribution in [0.3, 0.4) is 0 Å². The Bertz CT molecular complexity index is 973. The van der Waals surface area contributed by atoms with Gasteiger partial charge < -0.3 is 15.1 Å². The first-order valence-electron chi connectivity index (χ1n) is 10.8. The smallest absolute Gasteiger partial charge is 0.319 e. The van der Waals surface area contributed by atoms with Gasteiger partial charge in [-0.2, -0.15) is 0 Å². The van der Waals surface area contributed by atoms with Crippen LogP contribution in [0.1, 0.15) is 31.4 Å². The third-order valence-electron chi connectivity index (χ3n) is 6.40. The molecule has 5 nitrogen and oxygen atoms in total. The number of anilines is 1. The van der Waals surface area contributed by atoms with Gasteiger partial charge >= 0.3 is 6.03 Å². The van der Waals surface area contributed by atoms with E-state index in [0.717, 1.165) is 42.0 Å². The van der Waals surface area contributed by atoms with E-state index in [1.807, 2.05) is 54.6 Å². The number of benzene rings is 2. The molecule has 1 unspecified atom stereocenters. The Labute approximate surface area is 177 Å². The molecule has 3 heterocycles. The lowest BCUT2D eigenvalue weighted by atomic mass is 9.97. The number of nitrogens with zero attached hydrogens (tertiary/aromatic N) is 1. The quantitative estimate of drug-likeness (QED) is 0.613. The molecule has 5 heteroatoms. The molecule has 3 aromatic rings. The molecule has 2 aliphatic rings. The second kappa shape index (κ2) is 8.36. The maximum Gasteiger partial charge on any atom is 0.319 e. The van der Waals surface area contributed by atoms with Gasteiger partial charge in [-0.05, 0) is 49.4 Å². The SMILES string of the molecule is O=C(Nc1ccccc1-c1ccccc1)NC1C[C@H]2CC[C@@H](C1)N2Cc1ccco1. The summed E-state index contributed by atoms with van der Waals surface area (Å²) in [6.45, 7) is 0.867. The van der Waals surface area contributed by atoms with E-state index in [2.05, 4.69) is 27.7 Å². The van der Waals surface area contributed by atoms with E-state index in [0.29, 0.717) is 12.1 Å². The minimum Gasteiger partial charge on any atom is -0.468 e. The highest BCUT2D eigenvalue weighted by molar-refractivity contribution is 5.94. The zero-order valence-corrected chi connectivity index (χ0v) is 17.0. The molecule has 154 valence electrons. The molecule has 2 aromatic carbocycles. The molecular formula is C25H27N3O2. The normalized spacial score (nSPS) is 23.3. The summed E-state index contributed by atoms with van der Waals surface area (Å²) >= 11 is 0. The molecular weight excluding hydrogens is 374 g/mol. The molecule has 2 N–H and O–H groups in total. The number of fused-ring (bicyclic) bond motifs is 2. The summed E-state index contributed by atoms with van der Waals surface area (Å²) in [6, 6.07) is 23.2. The highest BCUT2D eigenvalue weighted by Gasteiger charge is 2.41. The molecule has 30 heavy (non-hydrogen) atoms. The van der Waals surface area contributed by atoms with Crippen LogP contribution >= 0.6 is 0 Å². The summed E-state index contributed by atoms with van der Waals surface area (Å²) in [6.07, 6.45) is 6.11. The average molecular weight is 402 g/mol. The van der Waals surface area contributed by atoms with Crippen LogP contribution in [0.2, 0.25) is 0 Å². The second-order valence-corrected chi connectivity index (χ2v) is 8.32. The van der Waals surface area contributed by atoms with Crippen molar-refractivity contribution in [3.8, 4) is 11.1 Å². The van der Waals surface area contributed by atoms with E-state index in [1.54, 1.807) is 6.26 Å². The van der Waals surface area contributed by atoms with Gasteiger partial charge in [0.25, 0.3) is 0 Å². The number of rotatable bonds is 5. The fraction of sp³-hybridized carbons (Fsp3) is 0.320. The van der Waals surface area contributed by atoms with Crippen LogP contribution in [0, 0.1) is 0 Å². The van der Waals surface area contributed by atoms with Crippen LogP contribution in [0.25, 0.3) is 11.1 Å². The van der Waals surface area contributed by atoms with Crippen molar-refractivity contribution in [3.63, 3.8) is 0 Å². The molecule has 2 saturated heterocycles. The van der Waals surface area contributed by atoms with Crippen LogP contribution in [-0.2, 0) is 6.54 Å². The topological polar surface area (TPSA) is 57.5 Å². The fourth-order valence-electron chi connectivity index (χ4n) is 5.04. The molecule has 1 aromatic heterocycles. The lowest BCUT2D eigenvalue weighted by Crippen LogP contribution is -2.50. The van der Waals surface area contributed by atoms with Gasteiger partial charge in [0.2, 0.25) is 0 Å². The number of piperidine rings is 1. The number of hydrogen-bond donors (Lipinski definition) is 2. The fourth-order valence-corrected chi connectivity index (χ4v) is 5.04. The first kappa shape index (κ1) is 18.9. The van der Waals surface area contributed by atoms with Crippen molar-refractivity contribution >= 4 is 11.7 Å². The number of carbonyl (C=O) groups is 1.